The number of esters is 1. The molecule has 0 N–H and O–H groups in total. The van der Waals surface area contributed by atoms with Crippen molar-refractivity contribution in [3.63, 3.8) is 0 Å². The average Bonchev–Trinajstić information content (AvgIpc) is 3.65. The van der Waals surface area contributed by atoms with Crippen LogP contribution in [0, 0.1) is 19.7 Å². The monoisotopic (exact) mass is 564 g/mol. The molecule has 2 aliphatic carbocycles. The summed E-state index contributed by atoms with van der Waals surface area (Å²) in [5.41, 5.74) is 10.00. The lowest BCUT2D eigenvalue weighted by atomic mass is 9.88. The van der Waals surface area contributed by atoms with Gasteiger partial charge in [0.25, 0.3) is 0 Å². The maximum Gasteiger partial charge on any atom is 0.306 e. The molecular formula is C35H33FN2O4. The molecule has 0 amide bonds. The summed E-state index contributed by atoms with van der Waals surface area (Å²) in [5.74, 6) is 1.35. The van der Waals surface area contributed by atoms with E-state index in [4.69, 9.17) is 19.2 Å². The Morgan fingerprint density at radius 3 is 2.55 bits per heavy atom. The number of nitrogens with zero attached hydrogens (tertiary/aromatic N) is 2. The molecule has 42 heavy (non-hydrogen) atoms. The molecule has 4 aromatic rings. The number of fused-ring (bicyclic) bond motifs is 2. The Balaban J connectivity index is 1.15. The summed E-state index contributed by atoms with van der Waals surface area (Å²) in [6.07, 6.45) is 7.48. The highest BCUT2D eigenvalue weighted by atomic mass is 19.1. The molecule has 1 aromatic heterocycles. The van der Waals surface area contributed by atoms with Crippen LogP contribution in [-0.4, -0.2) is 29.7 Å². The normalized spacial score (nSPS) is 18.8. The molecule has 1 fully saturated rings. The number of hydrogen-bond donors (Lipinski definition) is 0. The van der Waals surface area contributed by atoms with Crippen molar-refractivity contribution in [2.24, 2.45) is 0 Å². The molecule has 2 atom stereocenters. The van der Waals surface area contributed by atoms with Crippen LogP contribution < -0.4 is 9.47 Å². The van der Waals surface area contributed by atoms with Gasteiger partial charge in [-0.2, -0.15) is 0 Å². The highest BCUT2D eigenvalue weighted by Crippen LogP contribution is 2.45. The fourth-order valence-corrected chi connectivity index (χ4v) is 6.59. The Hall–Kier alpha value is -4.26. The van der Waals surface area contributed by atoms with Crippen LogP contribution in [0.15, 0.2) is 54.9 Å². The molecule has 0 radical (unpaired) electrons. The summed E-state index contributed by atoms with van der Waals surface area (Å²) >= 11 is 0. The zero-order valence-electron chi connectivity index (χ0n) is 24.1. The molecule has 1 aliphatic heterocycles. The molecule has 3 aromatic carbocycles. The zero-order valence-corrected chi connectivity index (χ0v) is 24.1. The second kappa shape index (κ2) is 10.5. The molecule has 2 heterocycles. The van der Waals surface area contributed by atoms with Crippen molar-refractivity contribution in [1.29, 1.82) is 0 Å². The van der Waals surface area contributed by atoms with E-state index in [9.17, 15) is 4.79 Å². The van der Waals surface area contributed by atoms with Crippen LogP contribution in [-0.2, 0) is 16.0 Å². The Bertz CT molecular complexity index is 1670. The number of benzene rings is 3. The molecule has 3 aliphatic rings. The second-order valence-corrected chi connectivity index (χ2v) is 11.7. The average molecular weight is 565 g/mol. The first-order valence-electron chi connectivity index (χ1n) is 14.6. The van der Waals surface area contributed by atoms with Gasteiger partial charge < -0.3 is 14.2 Å². The largest absolute Gasteiger partial charge is 0.492 e. The van der Waals surface area contributed by atoms with Gasteiger partial charge in [0.1, 0.15) is 23.4 Å². The minimum absolute atomic E-state index is 0.0410. The van der Waals surface area contributed by atoms with E-state index in [0.29, 0.717) is 36.0 Å². The molecular weight excluding hydrogens is 531 g/mol. The maximum absolute atomic E-state index is 15.4. The predicted molar refractivity (Wildman–Crippen MR) is 157 cm³/mol. The van der Waals surface area contributed by atoms with E-state index < -0.39 is 6.10 Å². The number of carbonyl (C=O) groups is 1. The second-order valence-electron chi connectivity index (χ2n) is 11.7. The van der Waals surface area contributed by atoms with E-state index >= 15 is 4.39 Å². The zero-order chi connectivity index (χ0) is 29.0. The van der Waals surface area contributed by atoms with Crippen LogP contribution in [0.25, 0.3) is 22.4 Å². The first-order valence-corrected chi connectivity index (χ1v) is 14.6. The predicted octanol–water partition coefficient (Wildman–Crippen LogP) is 7.55. The molecule has 1 unspecified atom stereocenters. The quantitative estimate of drug-likeness (QED) is 0.216. The number of aromatic nitrogens is 2. The van der Waals surface area contributed by atoms with Crippen LogP contribution in [0.4, 0.5) is 4.39 Å². The van der Waals surface area contributed by atoms with Gasteiger partial charge in [0.05, 0.1) is 37.7 Å². The Kier molecular flexibility index (Phi) is 6.68. The van der Waals surface area contributed by atoms with Gasteiger partial charge in [-0.05, 0) is 91.6 Å². The summed E-state index contributed by atoms with van der Waals surface area (Å²) in [6, 6.07) is 13.4. The first kappa shape index (κ1) is 26.6. The highest BCUT2D eigenvalue weighted by molar-refractivity contribution is 5.79. The van der Waals surface area contributed by atoms with Gasteiger partial charge in [0.2, 0.25) is 0 Å². The third-order valence-electron chi connectivity index (χ3n) is 8.83. The standard InChI is InChI=1S/C35H33FN2O4/c1-19-12-22(30-17-37-29(16-38-30)21-4-5-21)13-20(2)34(19)26-8-10-28(36)35-27(26)9-11-31(35)42-24-6-7-25-23(14-33(39)40-3)18-41-32(25)15-24/h6-8,10,12-13,15-17,21,23,31H,4-5,9,11,14,18H2,1-3H3/t23?,31-/m1/s1. The minimum Gasteiger partial charge on any atom is -0.492 e. The smallest absolute Gasteiger partial charge is 0.306 e. The molecule has 0 bridgehead atoms. The van der Waals surface area contributed by atoms with Gasteiger partial charge >= 0.3 is 5.97 Å². The number of carbonyl (C=O) groups excluding carboxylic acids is 1. The molecule has 0 spiro atoms. The van der Waals surface area contributed by atoms with Crippen LogP contribution >= 0.6 is 0 Å². The topological polar surface area (TPSA) is 70.5 Å². The third kappa shape index (κ3) is 4.81. The van der Waals surface area contributed by atoms with Gasteiger partial charge in [-0.1, -0.05) is 12.1 Å². The van der Waals surface area contributed by atoms with E-state index in [2.05, 4.69) is 31.0 Å². The van der Waals surface area contributed by atoms with Crippen molar-refractivity contribution < 1.29 is 23.4 Å². The highest BCUT2D eigenvalue weighted by Gasteiger charge is 2.32. The Labute approximate surface area is 244 Å². The molecule has 214 valence electrons. The van der Waals surface area contributed by atoms with Crippen molar-refractivity contribution in [2.45, 2.75) is 63.9 Å². The van der Waals surface area contributed by atoms with Gasteiger partial charge in [-0.15, -0.1) is 0 Å². The van der Waals surface area contributed by atoms with Crippen LogP contribution in [0.3, 0.4) is 0 Å². The third-order valence-corrected chi connectivity index (χ3v) is 8.83. The lowest BCUT2D eigenvalue weighted by molar-refractivity contribution is -0.141. The van der Waals surface area contributed by atoms with Gasteiger partial charge in [-0.25, -0.2) is 4.39 Å². The minimum atomic E-state index is -0.398. The van der Waals surface area contributed by atoms with Gasteiger partial charge in [-0.3, -0.25) is 14.8 Å². The van der Waals surface area contributed by atoms with Crippen LogP contribution in [0.5, 0.6) is 11.5 Å². The van der Waals surface area contributed by atoms with Crippen molar-refractivity contribution in [3.05, 3.63) is 94.2 Å². The number of methoxy groups -OCH3 is 1. The number of aryl methyl sites for hydroxylation is 2. The summed E-state index contributed by atoms with van der Waals surface area (Å²) in [7, 11) is 1.39. The van der Waals surface area contributed by atoms with Crippen molar-refractivity contribution in [3.8, 4) is 33.9 Å². The van der Waals surface area contributed by atoms with Gasteiger partial charge in [0.15, 0.2) is 0 Å². The lowest BCUT2D eigenvalue weighted by Crippen LogP contribution is -2.09. The summed E-state index contributed by atoms with van der Waals surface area (Å²) < 4.78 is 32.4. The van der Waals surface area contributed by atoms with Crippen molar-refractivity contribution >= 4 is 5.97 Å². The molecule has 1 saturated carbocycles. The summed E-state index contributed by atoms with van der Waals surface area (Å²) in [5, 5.41) is 0. The Morgan fingerprint density at radius 2 is 1.83 bits per heavy atom. The maximum atomic E-state index is 15.4. The fraction of sp³-hybridized carbons (Fsp3) is 0.343. The summed E-state index contributed by atoms with van der Waals surface area (Å²) in [4.78, 5) is 21.1. The first-order chi connectivity index (χ1) is 20.4. The number of ether oxygens (including phenoxy) is 3. The fourth-order valence-electron chi connectivity index (χ4n) is 6.59. The number of hydrogen-bond acceptors (Lipinski definition) is 6. The lowest BCUT2D eigenvalue weighted by Gasteiger charge is -2.19. The molecule has 0 saturated heterocycles. The van der Waals surface area contributed by atoms with Crippen molar-refractivity contribution in [1.82, 2.24) is 9.97 Å². The number of halogens is 1. The van der Waals surface area contributed by atoms with E-state index in [1.807, 2.05) is 36.7 Å². The van der Waals surface area contributed by atoms with Crippen molar-refractivity contribution in [2.75, 3.05) is 13.7 Å². The van der Waals surface area contributed by atoms with E-state index in [0.717, 1.165) is 56.8 Å². The summed E-state index contributed by atoms with van der Waals surface area (Å²) in [6.45, 7) is 4.64. The van der Waals surface area contributed by atoms with E-state index in [1.165, 1.54) is 20.0 Å². The molecule has 7 heteroatoms. The molecule has 6 nitrogen and oxygen atoms in total. The van der Waals surface area contributed by atoms with Gasteiger partial charge in [0, 0.05) is 40.8 Å². The number of rotatable bonds is 7. The Morgan fingerprint density at radius 1 is 1.02 bits per heavy atom. The van der Waals surface area contributed by atoms with Crippen LogP contribution in [0.2, 0.25) is 0 Å². The van der Waals surface area contributed by atoms with Crippen LogP contribution in [0.1, 0.15) is 77.1 Å². The van der Waals surface area contributed by atoms with E-state index in [1.54, 1.807) is 6.07 Å². The van der Waals surface area contributed by atoms with E-state index in [-0.39, 0.29) is 24.1 Å². The molecule has 7 rings (SSSR count). The SMILES string of the molecule is COC(=O)CC1COc2cc(O[C@@H]3CCc4c(-c5c(C)cc(-c6cnc(C7CC7)cn6)cc5C)ccc(F)c43)ccc21.